The molecule has 26 heavy (non-hydrogen) atoms. The van der Waals surface area contributed by atoms with Crippen molar-refractivity contribution in [3.8, 4) is 11.3 Å². The predicted molar refractivity (Wildman–Crippen MR) is 104 cm³/mol. The Hall–Kier alpha value is -3.41. The summed E-state index contributed by atoms with van der Waals surface area (Å²) in [7, 11) is 3.46. The van der Waals surface area contributed by atoms with E-state index in [1.54, 1.807) is 37.3 Å². The summed E-state index contributed by atoms with van der Waals surface area (Å²) >= 11 is 0. The summed E-state index contributed by atoms with van der Waals surface area (Å²) in [5, 5.41) is 3.17. The summed E-state index contributed by atoms with van der Waals surface area (Å²) < 4.78 is 0. The highest BCUT2D eigenvalue weighted by atomic mass is 16.2. The third-order valence-corrected chi connectivity index (χ3v) is 4.10. The average molecular weight is 347 g/mol. The number of amides is 1. The highest BCUT2D eigenvalue weighted by Gasteiger charge is 2.09. The van der Waals surface area contributed by atoms with Gasteiger partial charge >= 0.3 is 0 Å². The summed E-state index contributed by atoms with van der Waals surface area (Å²) in [6, 6.07) is 14.8. The summed E-state index contributed by atoms with van der Waals surface area (Å²) in [4.78, 5) is 22.3. The zero-order chi connectivity index (χ0) is 18.7. The molecule has 0 spiro atoms. The monoisotopic (exact) mass is 347 g/mol. The molecule has 0 unspecified atom stereocenters. The topological polar surface area (TPSA) is 84.1 Å². The molecular weight excluding hydrogens is 326 g/mol. The van der Waals surface area contributed by atoms with Gasteiger partial charge in [-0.1, -0.05) is 12.1 Å². The lowest BCUT2D eigenvalue weighted by Crippen LogP contribution is -2.21. The van der Waals surface area contributed by atoms with Gasteiger partial charge in [-0.3, -0.25) is 4.79 Å². The van der Waals surface area contributed by atoms with Crippen molar-refractivity contribution in [3.63, 3.8) is 0 Å². The van der Waals surface area contributed by atoms with Gasteiger partial charge in [0, 0.05) is 42.8 Å². The van der Waals surface area contributed by atoms with Crippen LogP contribution in [0, 0.1) is 6.92 Å². The van der Waals surface area contributed by atoms with E-state index in [-0.39, 0.29) is 5.91 Å². The van der Waals surface area contributed by atoms with Crippen LogP contribution in [0.15, 0.2) is 54.7 Å². The number of benzene rings is 2. The molecule has 1 heterocycles. The smallest absolute Gasteiger partial charge is 0.253 e. The lowest BCUT2D eigenvalue weighted by atomic mass is 10.0. The molecule has 0 aliphatic heterocycles. The number of aromatic nitrogens is 2. The molecule has 0 atom stereocenters. The molecule has 2 aromatic carbocycles. The number of carbonyl (C=O) groups excluding carboxylic acids is 1. The molecule has 6 nitrogen and oxygen atoms in total. The maximum atomic E-state index is 11.9. The van der Waals surface area contributed by atoms with E-state index in [0.29, 0.717) is 11.5 Å². The molecule has 0 radical (unpaired) electrons. The Morgan fingerprint density at radius 1 is 1.08 bits per heavy atom. The fourth-order valence-corrected chi connectivity index (χ4v) is 2.58. The van der Waals surface area contributed by atoms with Gasteiger partial charge in [0.15, 0.2) is 0 Å². The minimum Gasteiger partial charge on any atom is -0.398 e. The molecule has 3 rings (SSSR count). The lowest BCUT2D eigenvalue weighted by molar-refractivity contribution is 0.0827. The molecule has 0 aliphatic rings. The van der Waals surface area contributed by atoms with Crippen LogP contribution in [-0.2, 0) is 0 Å². The number of hydrogen-bond donors (Lipinski definition) is 2. The molecule has 6 heteroatoms. The van der Waals surface area contributed by atoms with Crippen LogP contribution in [0.4, 0.5) is 17.3 Å². The Kier molecular flexibility index (Phi) is 4.84. The fourth-order valence-electron chi connectivity index (χ4n) is 2.58. The van der Waals surface area contributed by atoms with Crippen LogP contribution in [0.3, 0.4) is 0 Å². The normalized spacial score (nSPS) is 10.4. The Balaban J connectivity index is 1.83. The van der Waals surface area contributed by atoms with Gasteiger partial charge < -0.3 is 16.0 Å². The van der Waals surface area contributed by atoms with E-state index in [2.05, 4.69) is 15.3 Å². The highest BCUT2D eigenvalue weighted by molar-refractivity contribution is 5.94. The number of nitrogens with zero attached hydrogens (tertiary/aromatic N) is 3. The minimum absolute atomic E-state index is 0.0352. The van der Waals surface area contributed by atoms with Crippen molar-refractivity contribution in [2.24, 2.45) is 0 Å². The van der Waals surface area contributed by atoms with Crippen molar-refractivity contribution < 1.29 is 4.79 Å². The van der Waals surface area contributed by atoms with Crippen LogP contribution in [-0.4, -0.2) is 34.9 Å². The minimum atomic E-state index is -0.0352. The number of anilines is 3. The second-order valence-corrected chi connectivity index (χ2v) is 6.19. The van der Waals surface area contributed by atoms with E-state index in [0.717, 1.165) is 28.2 Å². The molecule has 0 fully saturated rings. The van der Waals surface area contributed by atoms with Crippen LogP contribution < -0.4 is 11.1 Å². The SMILES string of the molecule is Cc1c(N)cccc1-c1ccnc(Nc2ccc(C(=O)N(C)C)cc2)n1. The largest absolute Gasteiger partial charge is 0.398 e. The second kappa shape index (κ2) is 7.23. The molecule has 1 amide bonds. The van der Waals surface area contributed by atoms with Crippen LogP contribution in [0.25, 0.3) is 11.3 Å². The fraction of sp³-hybridized carbons (Fsp3) is 0.150. The zero-order valence-electron chi connectivity index (χ0n) is 15.0. The molecule has 1 aromatic heterocycles. The molecule has 0 bridgehead atoms. The second-order valence-electron chi connectivity index (χ2n) is 6.19. The van der Waals surface area contributed by atoms with Crippen molar-refractivity contribution in [2.45, 2.75) is 6.92 Å². The maximum Gasteiger partial charge on any atom is 0.253 e. The van der Waals surface area contributed by atoms with Gasteiger partial charge in [-0.05, 0) is 48.9 Å². The molecule has 0 aliphatic carbocycles. The molecule has 3 N–H and O–H groups in total. The number of hydrogen-bond acceptors (Lipinski definition) is 5. The predicted octanol–water partition coefficient (Wildman–Crippen LogP) is 3.48. The first-order valence-corrected chi connectivity index (χ1v) is 8.23. The van der Waals surface area contributed by atoms with Gasteiger partial charge in [0.2, 0.25) is 5.95 Å². The maximum absolute atomic E-state index is 11.9. The van der Waals surface area contributed by atoms with Gasteiger partial charge in [-0.25, -0.2) is 9.97 Å². The first kappa shape index (κ1) is 17.4. The van der Waals surface area contributed by atoms with Crippen molar-refractivity contribution in [2.75, 3.05) is 25.1 Å². The quantitative estimate of drug-likeness (QED) is 0.706. The standard InChI is InChI=1S/C20H21N5O/c1-13-16(5-4-6-17(13)21)18-11-12-22-20(24-18)23-15-9-7-14(8-10-15)19(26)25(2)3/h4-12H,21H2,1-3H3,(H,22,23,24). The first-order chi connectivity index (χ1) is 12.5. The van der Waals surface area contributed by atoms with Crippen LogP contribution >= 0.6 is 0 Å². The van der Waals surface area contributed by atoms with Crippen molar-refractivity contribution in [3.05, 3.63) is 65.9 Å². The molecule has 0 saturated heterocycles. The van der Waals surface area contributed by atoms with E-state index >= 15 is 0 Å². The van der Waals surface area contributed by atoms with E-state index in [9.17, 15) is 4.79 Å². The van der Waals surface area contributed by atoms with Gasteiger partial charge in [0.25, 0.3) is 5.91 Å². The Labute approximate surface area is 152 Å². The Bertz CT molecular complexity index is 935. The summed E-state index contributed by atoms with van der Waals surface area (Å²) in [5.41, 5.74) is 10.9. The van der Waals surface area contributed by atoms with Crippen LogP contribution in [0.1, 0.15) is 15.9 Å². The van der Waals surface area contributed by atoms with E-state index in [1.807, 2.05) is 43.3 Å². The van der Waals surface area contributed by atoms with E-state index < -0.39 is 0 Å². The highest BCUT2D eigenvalue weighted by Crippen LogP contribution is 2.26. The number of nitrogen functional groups attached to an aromatic ring is 1. The van der Waals surface area contributed by atoms with Crippen molar-refractivity contribution in [1.29, 1.82) is 0 Å². The van der Waals surface area contributed by atoms with E-state index in [1.165, 1.54) is 0 Å². The van der Waals surface area contributed by atoms with Crippen molar-refractivity contribution in [1.82, 2.24) is 14.9 Å². The van der Waals surface area contributed by atoms with Gasteiger partial charge in [-0.15, -0.1) is 0 Å². The third-order valence-electron chi connectivity index (χ3n) is 4.10. The number of carbonyl (C=O) groups is 1. The van der Waals surface area contributed by atoms with Gasteiger partial charge in [0.05, 0.1) is 5.69 Å². The summed E-state index contributed by atoms with van der Waals surface area (Å²) in [6.07, 6.45) is 1.71. The number of nitrogens with two attached hydrogens (primary N) is 1. The first-order valence-electron chi connectivity index (χ1n) is 8.23. The molecule has 3 aromatic rings. The zero-order valence-corrected chi connectivity index (χ0v) is 15.0. The van der Waals surface area contributed by atoms with E-state index in [4.69, 9.17) is 5.73 Å². The summed E-state index contributed by atoms with van der Waals surface area (Å²) in [5.74, 6) is 0.447. The van der Waals surface area contributed by atoms with Crippen molar-refractivity contribution >= 4 is 23.2 Å². The summed E-state index contributed by atoms with van der Waals surface area (Å²) in [6.45, 7) is 1.97. The van der Waals surface area contributed by atoms with Crippen LogP contribution in [0.5, 0.6) is 0 Å². The lowest BCUT2D eigenvalue weighted by Gasteiger charge is -2.12. The number of rotatable bonds is 4. The van der Waals surface area contributed by atoms with Gasteiger partial charge in [0.1, 0.15) is 0 Å². The average Bonchev–Trinajstić information content (AvgIpc) is 2.64. The Morgan fingerprint density at radius 3 is 2.50 bits per heavy atom. The molecule has 132 valence electrons. The Morgan fingerprint density at radius 2 is 1.81 bits per heavy atom. The third kappa shape index (κ3) is 3.64. The van der Waals surface area contributed by atoms with Crippen LogP contribution in [0.2, 0.25) is 0 Å². The van der Waals surface area contributed by atoms with Gasteiger partial charge in [-0.2, -0.15) is 0 Å². The molecule has 0 saturated carbocycles. The number of nitrogens with one attached hydrogen (secondary N) is 1. The molecular formula is C20H21N5O.